The number of allylic oxidation sites excluding steroid dienone is 35. The summed E-state index contributed by atoms with van der Waals surface area (Å²) >= 11 is 0. The van der Waals surface area contributed by atoms with Gasteiger partial charge in [0.25, 0.3) is 0 Å². The molecule has 0 radical (unpaired) electrons. The van der Waals surface area contributed by atoms with Gasteiger partial charge in [-0.05, 0) is 148 Å². The summed E-state index contributed by atoms with van der Waals surface area (Å²) in [7, 11) is 0. The van der Waals surface area contributed by atoms with E-state index < -0.39 is 18.0 Å². The van der Waals surface area contributed by atoms with Crippen LogP contribution in [0.3, 0.4) is 0 Å². The molecule has 0 amide bonds. The Morgan fingerprint density at radius 2 is 0.519 bits per heavy atom. The van der Waals surface area contributed by atoms with Crippen molar-refractivity contribution in [3.8, 4) is 0 Å². The lowest BCUT2D eigenvalue weighted by Gasteiger charge is -2.18. The molecule has 0 aliphatic carbocycles. The first-order valence-corrected chi connectivity index (χ1v) is 29.2. The number of carbonyl (C=O) groups excluding carboxylic acids is 3. The van der Waals surface area contributed by atoms with Crippen molar-refractivity contribution in [2.45, 2.75) is 194 Å². The molecule has 1 atom stereocenters. The zero-order chi connectivity index (χ0) is 55.7. The highest BCUT2D eigenvalue weighted by molar-refractivity contribution is 5.72. The summed E-state index contributed by atoms with van der Waals surface area (Å²) in [6.45, 7) is 6.09. The molecule has 0 aliphatic heterocycles. The molecule has 0 aliphatic rings. The fraction of sp³-hybridized carbons (Fsp3) is 0.451. The van der Waals surface area contributed by atoms with Gasteiger partial charge in [-0.2, -0.15) is 0 Å². The summed E-state index contributed by atoms with van der Waals surface area (Å²) in [6, 6.07) is 0. The van der Waals surface area contributed by atoms with E-state index in [0.717, 1.165) is 128 Å². The largest absolute Gasteiger partial charge is 0.462 e. The van der Waals surface area contributed by atoms with Crippen LogP contribution in [0, 0.1) is 0 Å². The van der Waals surface area contributed by atoms with E-state index in [1.54, 1.807) is 6.08 Å². The zero-order valence-electron chi connectivity index (χ0n) is 48.1. The predicted molar refractivity (Wildman–Crippen MR) is 333 cm³/mol. The van der Waals surface area contributed by atoms with E-state index in [1.165, 1.54) is 0 Å². The molecular formula is C71H102O6. The minimum Gasteiger partial charge on any atom is -0.462 e. The Bertz CT molecular complexity index is 1980. The molecule has 0 N–H and O–H groups in total. The number of carbonyl (C=O) groups is 3. The average Bonchev–Trinajstić information content (AvgIpc) is 3.43. The van der Waals surface area contributed by atoms with E-state index in [2.05, 4.69) is 227 Å². The van der Waals surface area contributed by atoms with Gasteiger partial charge in [-0.25, -0.2) is 0 Å². The van der Waals surface area contributed by atoms with Crippen LogP contribution in [0.1, 0.15) is 188 Å². The van der Waals surface area contributed by atoms with Gasteiger partial charge in [0.05, 0.1) is 6.42 Å². The van der Waals surface area contributed by atoms with Gasteiger partial charge in [0.2, 0.25) is 0 Å². The topological polar surface area (TPSA) is 78.9 Å². The number of hydrogen-bond acceptors (Lipinski definition) is 6. The molecular weight excluding hydrogens is 949 g/mol. The third-order valence-corrected chi connectivity index (χ3v) is 11.0. The van der Waals surface area contributed by atoms with Crippen LogP contribution in [0.2, 0.25) is 0 Å². The fourth-order valence-electron chi connectivity index (χ4n) is 6.74. The van der Waals surface area contributed by atoms with E-state index >= 15 is 0 Å². The molecule has 0 saturated heterocycles. The van der Waals surface area contributed by atoms with Crippen molar-refractivity contribution in [2.75, 3.05) is 13.2 Å². The van der Waals surface area contributed by atoms with Gasteiger partial charge < -0.3 is 14.2 Å². The Kier molecular flexibility index (Phi) is 57.2. The van der Waals surface area contributed by atoms with Crippen molar-refractivity contribution in [2.24, 2.45) is 0 Å². The normalized spacial score (nSPS) is 13.8. The first kappa shape index (κ1) is 70.7. The maximum Gasteiger partial charge on any atom is 0.309 e. The van der Waals surface area contributed by atoms with E-state index in [4.69, 9.17) is 14.2 Å². The van der Waals surface area contributed by atoms with Gasteiger partial charge in [-0.1, -0.05) is 240 Å². The number of rotatable bonds is 49. The van der Waals surface area contributed by atoms with E-state index in [-0.39, 0.29) is 38.4 Å². The van der Waals surface area contributed by atoms with Gasteiger partial charge in [-0.3, -0.25) is 14.4 Å². The Morgan fingerprint density at radius 3 is 0.831 bits per heavy atom. The summed E-state index contributed by atoms with van der Waals surface area (Å²) in [5.74, 6) is -1.22. The van der Waals surface area contributed by atoms with E-state index in [1.807, 2.05) is 6.08 Å². The number of hydrogen-bond donors (Lipinski definition) is 0. The van der Waals surface area contributed by atoms with E-state index in [9.17, 15) is 14.4 Å². The Hall–Kier alpha value is -6.27. The quantitative estimate of drug-likeness (QED) is 0.0261. The van der Waals surface area contributed by atoms with Gasteiger partial charge >= 0.3 is 17.9 Å². The van der Waals surface area contributed by atoms with Crippen LogP contribution < -0.4 is 0 Å². The predicted octanol–water partition coefficient (Wildman–Crippen LogP) is 20.2. The number of unbranched alkanes of at least 4 members (excludes halogenated alkanes) is 3. The summed E-state index contributed by atoms with van der Waals surface area (Å²) < 4.78 is 16.7. The maximum absolute atomic E-state index is 12.9. The van der Waals surface area contributed by atoms with Crippen LogP contribution in [-0.4, -0.2) is 37.2 Å². The highest BCUT2D eigenvalue weighted by atomic mass is 16.6. The fourth-order valence-corrected chi connectivity index (χ4v) is 6.74. The van der Waals surface area contributed by atoms with Gasteiger partial charge in [-0.15, -0.1) is 0 Å². The Balaban J connectivity index is 4.71. The molecule has 0 rings (SSSR count). The van der Waals surface area contributed by atoms with Crippen molar-refractivity contribution in [1.82, 2.24) is 0 Å². The second kappa shape index (κ2) is 62.3. The second-order valence-corrected chi connectivity index (χ2v) is 18.1. The lowest BCUT2D eigenvalue weighted by molar-refractivity contribution is -0.166. The first-order valence-electron chi connectivity index (χ1n) is 29.2. The molecule has 1 unspecified atom stereocenters. The first-order chi connectivity index (χ1) is 38.0. The van der Waals surface area contributed by atoms with Crippen LogP contribution >= 0.6 is 0 Å². The summed E-state index contributed by atoms with van der Waals surface area (Å²) in [4.78, 5) is 38.1. The molecule has 0 aromatic heterocycles. The van der Waals surface area contributed by atoms with Crippen molar-refractivity contribution < 1.29 is 28.6 Å². The maximum atomic E-state index is 12.9. The minimum atomic E-state index is -0.881. The molecule has 0 aromatic rings. The second-order valence-electron chi connectivity index (χ2n) is 18.1. The van der Waals surface area contributed by atoms with Gasteiger partial charge in [0.15, 0.2) is 6.10 Å². The monoisotopic (exact) mass is 1050 g/mol. The van der Waals surface area contributed by atoms with Crippen LogP contribution in [0.5, 0.6) is 0 Å². The van der Waals surface area contributed by atoms with Crippen molar-refractivity contribution in [1.29, 1.82) is 0 Å². The molecule has 422 valence electrons. The number of ether oxygens (including phenoxy) is 3. The molecule has 0 bridgehead atoms. The molecule has 0 saturated carbocycles. The summed E-state index contributed by atoms with van der Waals surface area (Å²) in [5, 5.41) is 0. The Morgan fingerprint density at radius 1 is 0.273 bits per heavy atom. The van der Waals surface area contributed by atoms with Crippen molar-refractivity contribution in [3.63, 3.8) is 0 Å². The lowest BCUT2D eigenvalue weighted by Crippen LogP contribution is -2.30. The molecule has 0 spiro atoms. The molecule has 77 heavy (non-hydrogen) atoms. The third-order valence-electron chi connectivity index (χ3n) is 11.0. The standard InChI is InChI=1S/C71H102O6/c1-4-7-10-13-16-19-22-25-28-30-32-34-35-37-38-40-43-46-49-52-55-58-61-64-70(73)76-67-68(66-75-69(72)63-60-57-54-51-48-45-42-27-24-21-18-15-12-9-6-3)77-71(74)65-62-59-56-53-50-47-44-41-39-36-33-31-29-26-23-20-17-14-11-8-5-2/h7-12,16-21,25-29,32-34,36-38,41-44,46,48,50-53,55,57,60,68H,4-6,13-15,22-24,30-31,35,39-40,45,47,49,54,56,58-59,61-67H2,1-3H3/b10-7-,11-8-,12-9-,19-16-,20-17-,21-18-,28-25-,29-26-,34-32-,36-33-,38-37-,42-27-,44-41-,46-43-,51-48-,53-50-,55-52-,60-57-. The average molecular weight is 1050 g/mol. The summed E-state index contributed by atoms with van der Waals surface area (Å²) in [5.41, 5.74) is 0. The van der Waals surface area contributed by atoms with Crippen LogP contribution in [0.15, 0.2) is 219 Å². The van der Waals surface area contributed by atoms with Gasteiger partial charge in [0, 0.05) is 12.8 Å². The SMILES string of the molecule is CC/C=C\C/C=C\C/C=C\C/C=C\C/C=C\C/C=C\C/C=C\CCCC(=O)OCC(COC(=O)C/C=C\C/C=C\C/C=C\C/C=C\C/C=C\CC)OC(=O)CCCC/C=C\C/C=C\C/C=C\C/C=C\C/C=C\C/C=C\CC. The third kappa shape index (κ3) is 60.5. The molecule has 6 nitrogen and oxygen atoms in total. The van der Waals surface area contributed by atoms with Crippen LogP contribution in [0.25, 0.3) is 0 Å². The van der Waals surface area contributed by atoms with Crippen molar-refractivity contribution >= 4 is 17.9 Å². The Labute approximate surface area is 470 Å². The zero-order valence-corrected chi connectivity index (χ0v) is 48.1. The molecule has 0 fully saturated rings. The van der Waals surface area contributed by atoms with Crippen molar-refractivity contribution in [3.05, 3.63) is 219 Å². The van der Waals surface area contributed by atoms with E-state index in [0.29, 0.717) is 19.3 Å². The van der Waals surface area contributed by atoms with Gasteiger partial charge in [0.1, 0.15) is 13.2 Å². The minimum absolute atomic E-state index is 0.0934. The van der Waals surface area contributed by atoms with Crippen LogP contribution in [-0.2, 0) is 28.6 Å². The number of esters is 3. The highest BCUT2D eigenvalue weighted by Crippen LogP contribution is 2.09. The highest BCUT2D eigenvalue weighted by Gasteiger charge is 2.19. The smallest absolute Gasteiger partial charge is 0.309 e. The molecule has 6 heteroatoms. The molecule has 0 heterocycles. The summed E-state index contributed by atoms with van der Waals surface area (Å²) in [6.07, 6.45) is 98.2. The lowest BCUT2D eigenvalue weighted by atomic mass is 10.2. The molecule has 0 aromatic carbocycles. The van der Waals surface area contributed by atoms with Crippen LogP contribution in [0.4, 0.5) is 0 Å².